The van der Waals surface area contributed by atoms with Crippen LogP contribution in [-0.4, -0.2) is 18.6 Å². The molecule has 3 rings (SSSR count). The minimum atomic E-state index is -5.10. The first-order valence-electron chi connectivity index (χ1n) is 16.1. The van der Waals surface area contributed by atoms with Gasteiger partial charge in [0.1, 0.15) is 11.8 Å². The predicted octanol–water partition coefficient (Wildman–Crippen LogP) is 10.2. The smallest absolute Gasteiger partial charge is 0.464 e. The fourth-order valence-corrected chi connectivity index (χ4v) is 6.55. The first-order chi connectivity index (χ1) is 22.6. The van der Waals surface area contributed by atoms with Gasteiger partial charge in [0.05, 0.1) is 6.61 Å². The lowest BCUT2D eigenvalue weighted by atomic mass is 9.95. The largest absolute Gasteiger partial charge is 0.513 e. The van der Waals surface area contributed by atoms with Gasteiger partial charge in [-0.3, -0.25) is 4.79 Å². The van der Waals surface area contributed by atoms with E-state index in [2.05, 4.69) is 18.9 Å². The van der Waals surface area contributed by atoms with E-state index in [4.69, 9.17) is 13.8 Å². The molecule has 3 aromatic carbocycles. The second kappa shape index (κ2) is 19.4. The monoisotopic (exact) mass is 683 g/mol. The van der Waals surface area contributed by atoms with Gasteiger partial charge in [-0.15, -0.1) is 0 Å². The van der Waals surface area contributed by atoms with E-state index in [1.165, 1.54) is 24.3 Å². The van der Waals surface area contributed by atoms with Crippen LogP contribution in [0.5, 0.6) is 11.5 Å². The molecule has 0 amide bonds. The summed E-state index contributed by atoms with van der Waals surface area (Å²) >= 11 is 0. The van der Waals surface area contributed by atoms with Crippen LogP contribution in [0.2, 0.25) is 0 Å². The van der Waals surface area contributed by atoms with Gasteiger partial charge in [-0.2, -0.15) is 13.9 Å². The molecule has 0 saturated heterocycles. The second-order valence-electron chi connectivity index (χ2n) is 11.5. The third kappa shape index (κ3) is 12.0. The standard InChI is InChI=1S/C35H43F5NO5P/c1-3-5-7-11-19-26(20-12-8-6-4-2)24-44-35(42)28(23-25-17-13-9-14-18-25)41-47(43,45-27-21-15-10-16-22-27)46-34-32(39)30(37)29(36)31(38)33(34)40/h9-10,13-18,21-22,26,28H,3-8,11-12,19-20,23-24H2,1-2H3,(H,41,43)/t28-,47?/m0/s1. The van der Waals surface area contributed by atoms with Gasteiger partial charge in [0, 0.05) is 0 Å². The minimum absolute atomic E-state index is 0.0852. The van der Waals surface area contributed by atoms with Crippen LogP contribution in [0.25, 0.3) is 0 Å². The highest BCUT2D eigenvalue weighted by atomic mass is 31.2. The van der Waals surface area contributed by atoms with Crippen molar-refractivity contribution in [3.05, 3.63) is 95.3 Å². The molecule has 2 atom stereocenters. The zero-order valence-corrected chi connectivity index (χ0v) is 27.7. The van der Waals surface area contributed by atoms with E-state index in [0.717, 1.165) is 64.2 Å². The van der Waals surface area contributed by atoms with E-state index < -0.39 is 54.6 Å². The maximum Gasteiger partial charge on any atom is 0.513 e. The molecule has 1 unspecified atom stereocenters. The molecule has 47 heavy (non-hydrogen) atoms. The number of nitrogens with one attached hydrogen (secondary N) is 1. The number of esters is 1. The van der Waals surface area contributed by atoms with Crippen LogP contribution in [0.3, 0.4) is 0 Å². The Balaban J connectivity index is 1.91. The highest BCUT2D eigenvalue weighted by molar-refractivity contribution is 7.52. The molecule has 0 aliphatic carbocycles. The number of para-hydroxylation sites is 1. The quantitative estimate of drug-likeness (QED) is 0.0301. The molecular weight excluding hydrogens is 640 g/mol. The van der Waals surface area contributed by atoms with Gasteiger partial charge in [-0.05, 0) is 42.9 Å². The average molecular weight is 684 g/mol. The lowest BCUT2D eigenvalue weighted by Crippen LogP contribution is -2.40. The molecule has 0 fully saturated rings. The highest BCUT2D eigenvalue weighted by Gasteiger charge is 2.40. The summed E-state index contributed by atoms with van der Waals surface area (Å²) in [5.74, 6) is -14.4. The van der Waals surface area contributed by atoms with E-state index in [1.807, 2.05) is 0 Å². The number of benzene rings is 3. The van der Waals surface area contributed by atoms with Crippen LogP contribution in [-0.2, 0) is 20.5 Å². The van der Waals surface area contributed by atoms with E-state index in [-0.39, 0.29) is 24.7 Å². The first kappa shape index (κ1) is 38.0. The Morgan fingerprint density at radius 1 is 0.702 bits per heavy atom. The Morgan fingerprint density at radius 2 is 1.21 bits per heavy atom. The fourth-order valence-electron chi connectivity index (χ4n) is 5.03. The fraction of sp³-hybridized carbons (Fsp3) is 0.457. The summed E-state index contributed by atoms with van der Waals surface area (Å²) in [6.45, 7) is 4.34. The van der Waals surface area contributed by atoms with Crippen molar-refractivity contribution in [1.29, 1.82) is 0 Å². The van der Waals surface area contributed by atoms with Crippen molar-refractivity contribution in [2.45, 2.75) is 90.5 Å². The zero-order chi connectivity index (χ0) is 34.2. The molecule has 3 aromatic rings. The second-order valence-corrected chi connectivity index (χ2v) is 13.1. The molecule has 0 aliphatic heterocycles. The Kier molecular flexibility index (Phi) is 15.7. The lowest BCUT2D eigenvalue weighted by molar-refractivity contribution is -0.147. The number of hydrogen-bond donors (Lipinski definition) is 1. The molecule has 6 nitrogen and oxygen atoms in total. The zero-order valence-electron chi connectivity index (χ0n) is 26.8. The van der Waals surface area contributed by atoms with Crippen molar-refractivity contribution in [3.63, 3.8) is 0 Å². The van der Waals surface area contributed by atoms with Crippen molar-refractivity contribution in [1.82, 2.24) is 5.09 Å². The number of carbonyl (C=O) groups excluding carboxylic acids is 1. The van der Waals surface area contributed by atoms with Gasteiger partial charge in [0.25, 0.3) is 0 Å². The SMILES string of the molecule is CCCCCCC(CCCCCC)COC(=O)[C@H](Cc1ccccc1)NP(=O)(Oc1ccccc1)Oc1c(F)c(F)c(F)c(F)c1F. The van der Waals surface area contributed by atoms with E-state index in [0.29, 0.717) is 5.56 Å². The number of unbranched alkanes of at least 4 members (excludes halogenated alkanes) is 6. The van der Waals surface area contributed by atoms with Crippen LogP contribution in [0.15, 0.2) is 60.7 Å². The van der Waals surface area contributed by atoms with E-state index in [1.54, 1.807) is 36.4 Å². The number of halogens is 5. The van der Waals surface area contributed by atoms with Crippen molar-refractivity contribution < 1.29 is 45.1 Å². The maximum atomic E-state index is 14.7. The molecule has 1 N–H and O–H groups in total. The number of ether oxygens (including phenoxy) is 1. The molecular formula is C35H43F5NO5P. The highest BCUT2D eigenvalue weighted by Crippen LogP contribution is 2.48. The van der Waals surface area contributed by atoms with Crippen molar-refractivity contribution >= 4 is 13.7 Å². The van der Waals surface area contributed by atoms with Crippen molar-refractivity contribution in [2.75, 3.05) is 6.61 Å². The molecule has 0 radical (unpaired) electrons. The van der Waals surface area contributed by atoms with Crippen LogP contribution in [0.1, 0.15) is 83.6 Å². The molecule has 0 bridgehead atoms. The third-order valence-electron chi connectivity index (χ3n) is 7.62. The van der Waals surface area contributed by atoms with E-state index in [9.17, 15) is 31.3 Å². The van der Waals surface area contributed by atoms with Gasteiger partial charge in [-0.1, -0.05) is 114 Å². The molecule has 0 heterocycles. The Bertz CT molecular complexity index is 1410. The van der Waals surface area contributed by atoms with Crippen LogP contribution in [0.4, 0.5) is 22.0 Å². The minimum Gasteiger partial charge on any atom is -0.464 e. The summed E-state index contributed by atoms with van der Waals surface area (Å²) in [5, 5.41) is 2.39. The van der Waals surface area contributed by atoms with Gasteiger partial charge >= 0.3 is 13.7 Å². The van der Waals surface area contributed by atoms with Crippen LogP contribution < -0.4 is 14.1 Å². The molecule has 0 aromatic heterocycles. The van der Waals surface area contributed by atoms with Crippen molar-refractivity contribution in [2.24, 2.45) is 5.92 Å². The third-order valence-corrected chi connectivity index (χ3v) is 9.13. The Morgan fingerprint density at radius 3 is 1.74 bits per heavy atom. The molecule has 0 aliphatic rings. The molecule has 258 valence electrons. The summed E-state index contributed by atoms with van der Waals surface area (Å²) < 4.78 is 102. The summed E-state index contributed by atoms with van der Waals surface area (Å²) in [4.78, 5) is 13.6. The number of rotatable bonds is 21. The molecule has 12 heteroatoms. The molecule has 0 spiro atoms. The predicted molar refractivity (Wildman–Crippen MR) is 171 cm³/mol. The summed E-state index contributed by atoms with van der Waals surface area (Å²) in [7, 11) is -5.10. The first-order valence-corrected chi connectivity index (χ1v) is 17.7. The number of carbonyl (C=O) groups is 1. The van der Waals surface area contributed by atoms with Crippen LogP contribution in [0, 0.1) is 35.0 Å². The molecule has 0 saturated carbocycles. The van der Waals surface area contributed by atoms with Gasteiger partial charge in [-0.25, -0.2) is 17.7 Å². The maximum absolute atomic E-state index is 14.7. The topological polar surface area (TPSA) is 73.9 Å². The summed E-state index contributed by atoms with van der Waals surface area (Å²) in [6, 6.07) is 14.4. The summed E-state index contributed by atoms with van der Waals surface area (Å²) in [6.07, 6.45) is 10.0. The van der Waals surface area contributed by atoms with Gasteiger partial charge in [0.15, 0.2) is 0 Å². The average Bonchev–Trinajstić information content (AvgIpc) is 3.07. The Hall–Kier alpha value is -3.43. The van der Waals surface area contributed by atoms with Crippen molar-refractivity contribution in [3.8, 4) is 11.5 Å². The summed E-state index contributed by atoms with van der Waals surface area (Å²) in [5.41, 5.74) is 0.597. The Labute approximate surface area is 273 Å². The number of hydrogen-bond acceptors (Lipinski definition) is 5. The van der Waals surface area contributed by atoms with Crippen LogP contribution >= 0.6 is 7.75 Å². The van der Waals surface area contributed by atoms with E-state index >= 15 is 0 Å². The normalized spacial score (nSPS) is 13.3. The lowest BCUT2D eigenvalue weighted by Gasteiger charge is -2.26. The van der Waals surface area contributed by atoms with Gasteiger partial charge < -0.3 is 13.8 Å². The van der Waals surface area contributed by atoms with Gasteiger partial charge in [0.2, 0.25) is 34.8 Å².